The van der Waals surface area contributed by atoms with Crippen LogP contribution in [0.4, 0.5) is 5.69 Å². The first-order valence-electron chi connectivity index (χ1n) is 5.87. The van der Waals surface area contributed by atoms with Crippen molar-refractivity contribution in [3.63, 3.8) is 0 Å². The zero-order valence-electron chi connectivity index (χ0n) is 9.86. The quantitative estimate of drug-likeness (QED) is 0.537. The van der Waals surface area contributed by atoms with Crippen LogP contribution in [-0.4, -0.2) is 25.0 Å². The van der Waals surface area contributed by atoms with E-state index in [1.807, 2.05) is 18.2 Å². The summed E-state index contributed by atoms with van der Waals surface area (Å²) >= 11 is 4.48. The fourth-order valence-electron chi connectivity index (χ4n) is 1.32. The monoisotopic (exact) mass is 239 g/mol. The first-order valence-corrected chi connectivity index (χ1v) is 6.39. The number of ether oxygens (including phenoxy) is 1. The molecule has 3 heteroatoms. The van der Waals surface area contributed by atoms with Crippen molar-refractivity contribution in [1.82, 2.24) is 0 Å². The summed E-state index contributed by atoms with van der Waals surface area (Å²) in [5.41, 5.74) is 1.13. The summed E-state index contributed by atoms with van der Waals surface area (Å²) in [5, 5.41) is 3.58. The van der Waals surface area contributed by atoms with Crippen molar-refractivity contribution in [3.05, 3.63) is 30.3 Å². The number of rotatable bonds is 8. The van der Waals surface area contributed by atoms with Crippen LogP contribution in [0.15, 0.2) is 30.3 Å². The smallest absolute Gasteiger partial charge is 0.0599 e. The normalized spacial score (nSPS) is 12.4. The third-order valence-corrected chi connectivity index (χ3v) is 2.60. The van der Waals surface area contributed by atoms with Gasteiger partial charge in [0, 0.05) is 24.1 Å². The predicted octanol–water partition coefficient (Wildman–Crippen LogP) is 3.21. The number of thiol groups is 1. The highest BCUT2D eigenvalue weighted by atomic mass is 32.1. The van der Waals surface area contributed by atoms with Crippen LogP contribution >= 0.6 is 12.6 Å². The van der Waals surface area contributed by atoms with Gasteiger partial charge in [-0.3, -0.25) is 0 Å². The van der Waals surface area contributed by atoms with Crippen molar-refractivity contribution in [2.75, 3.05) is 25.1 Å². The molecule has 1 rings (SSSR count). The van der Waals surface area contributed by atoms with E-state index < -0.39 is 0 Å². The molecule has 0 aromatic heterocycles. The van der Waals surface area contributed by atoms with Crippen molar-refractivity contribution in [2.45, 2.75) is 25.0 Å². The van der Waals surface area contributed by atoms with Crippen LogP contribution < -0.4 is 5.32 Å². The largest absolute Gasteiger partial charge is 0.384 e. The van der Waals surface area contributed by atoms with E-state index in [9.17, 15) is 0 Å². The highest BCUT2D eigenvalue weighted by Gasteiger charge is 2.02. The van der Waals surface area contributed by atoms with Crippen molar-refractivity contribution < 1.29 is 4.74 Å². The van der Waals surface area contributed by atoms with E-state index >= 15 is 0 Å². The summed E-state index contributed by atoms with van der Waals surface area (Å²) in [7, 11) is 0. The molecule has 0 saturated heterocycles. The molecular weight excluding hydrogens is 218 g/mol. The first-order chi connectivity index (χ1) is 7.83. The molecule has 16 heavy (non-hydrogen) atoms. The average molecular weight is 239 g/mol. The minimum atomic E-state index is 0.247. The van der Waals surface area contributed by atoms with Gasteiger partial charge < -0.3 is 10.1 Å². The molecule has 0 aliphatic carbocycles. The van der Waals surface area contributed by atoms with E-state index in [4.69, 9.17) is 4.74 Å². The molecule has 1 unspecified atom stereocenters. The molecule has 90 valence electrons. The minimum absolute atomic E-state index is 0.247. The lowest BCUT2D eigenvalue weighted by Crippen LogP contribution is -2.20. The maximum atomic E-state index is 5.51. The fourth-order valence-corrected chi connectivity index (χ4v) is 1.51. The molecule has 0 bridgehead atoms. The average Bonchev–Trinajstić information content (AvgIpc) is 2.33. The van der Waals surface area contributed by atoms with Gasteiger partial charge in [-0.1, -0.05) is 31.5 Å². The second-order valence-electron chi connectivity index (χ2n) is 3.83. The number of para-hydroxylation sites is 1. The van der Waals surface area contributed by atoms with Gasteiger partial charge in [0.2, 0.25) is 0 Å². The Hall–Kier alpha value is -0.670. The molecule has 0 saturated carbocycles. The summed E-state index contributed by atoms with van der Waals surface area (Å²) < 4.78 is 5.51. The number of anilines is 1. The summed E-state index contributed by atoms with van der Waals surface area (Å²) in [6.07, 6.45) is 2.31. The molecule has 1 aromatic rings. The van der Waals surface area contributed by atoms with Crippen molar-refractivity contribution in [2.24, 2.45) is 0 Å². The second-order valence-corrected chi connectivity index (χ2v) is 4.56. The van der Waals surface area contributed by atoms with Crippen LogP contribution in [0, 0.1) is 0 Å². The number of hydrogen-bond donors (Lipinski definition) is 2. The molecule has 1 N–H and O–H groups in total. The Morgan fingerprint density at radius 1 is 1.31 bits per heavy atom. The van der Waals surface area contributed by atoms with E-state index in [-0.39, 0.29) is 5.25 Å². The SMILES string of the molecule is CCCCOCC(S)CNc1ccccc1. The zero-order chi connectivity index (χ0) is 11.6. The molecule has 0 radical (unpaired) electrons. The standard InChI is InChI=1S/C13H21NOS/c1-2-3-9-15-11-13(16)10-14-12-7-5-4-6-8-12/h4-8,13-14,16H,2-3,9-11H2,1H3. The Morgan fingerprint density at radius 2 is 2.06 bits per heavy atom. The maximum Gasteiger partial charge on any atom is 0.0599 e. The Bertz CT molecular complexity index is 266. The second kappa shape index (κ2) is 8.48. The van der Waals surface area contributed by atoms with Crippen molar-refractivity contribution in [3.8, 4) is 0 Å². The third-order valence-electron chi connectivity index (χ3n) is 2.27. The molecule has 0 aliphatic heterocycles. The van der Waals surface area contributed by atoms with Gasteiger partial charge in [0.15, 0.2) is 0 Å². The van der Waals surface area contributed by atoms with Crippen LogP contribution in [-0.2, 0) is 4.74 Å². The minimum Gasteiger partial charge on any atom is -0.384 e. The zero-order valence-corrected chi connectivity index (χ0v) is 10.7. The summed E-state index contributed by atoms with van der Waals surface area (Å²) in [6.45, 7) is 4.56. The molecule has 0 fully saturated rings. The summed E-state index contributed by atoms with van der Waals surface area (Å²) in [5.74, 6) is 0. The van der Waals surface area contributed by atoms with E-state index in [0.29, 0.717) is 6.61 Å². The molecule has 0 spiro atoms. The van der Waals surface area contributed by atoms with E-state index in [2.05, 4.69) is 37.0 Å². The van der Waals surface area contributed by atoms with Gasteiger partial charge in [0.1, 0.15) is 0 Å². The van der Waals surface area contributed by atoms with Crippen LogP contribution in [0.1, 0.15) is 19.8 Å². The maximum absolute atomic E-state index is 5.51. The van der Waals surface area contributed by atoms with E-state index in [1.54, 1.807) is 0 Å². The van der Waals surface area contributed by atoms with Crippen LogP contribution in [0.3, 0.4) is 0 Å². The van der Waals surface area contributed by atoms with Gasteiger partial charge in [0.05, 0.1) is 6.61 Å². The van der Waals surface area contributed by atoms with Gasteiger partial charge in [-0.2, -0.15) is 12.6 Å². The number of benzene rings is 1. The molecule has 2 nitrogen and oxygen atoms in total. The molecule has 1 atom stereocenters. The lowest BCUT2D eigenvalue weighted by molar-refractivity contribution is 0.134. The number of hydrogen-bond acceptors (Lipinski definition) is 3. The van der Waals surface area contributed by atoms with Gasteiger partial charge in [-0.15, -0.1) is 0 Å². The van der Waals surface area contributed by atoms with Gasteiger partial charge in [0.25, 0.3) is 0 Å². The van der Waals surface area contributed by atoms with Gasteiger partial charge in [-0.25, -0.2) is 0 Å². The molecule has 0 heterocycles. The lowest BCUT2D eigenvalue weighted by Gasteiger charge is -2.13. The molecule has 0 amide bonds. The van der Waals surface area contributed by atoms with Crippen molar-refractivity contribution in [1.29, 1.82) is 0 Å². The predicted molar refractivity (Wildman–Crippen MR) is 73.4 cm³/mol. The van der Waals surface area contributed by atoms with Crippen LogP contribution in [0.2, 0.25) is 0 Å². The Morgan fingerprint density at radius 3 is 2.75 bits per heavy atom. The highest BCUT2D eigenvalue weighted by molar-refractivity contribution is 7.81. The lowest BCUT2D eigenvalue weighted by atomic mass is 10.3. The van der Waals surface area contributed by atoms with E-state index in [1.165, 1.54) is 6.42 Å². The Balaban J connectivity index is 2.08. The van der Waals surface area contributed by atoms with E-state index in [0.717, 1.165) is 25.3 Å². The highest BCUT2D eigenvalue weighted by Crippen LogP contribution is 2.06. The van der Waals surface area contributed by atoms with Gasteiger partial charge in [-0.05, 0) is 18.6 Å². The Labute approximate surface area is 104 Å². The summed E-state index contributed by atoms with van der Waals surface area (Å²) in [4.78, 5) is 0. The Kier molecular flexibility index (Phi) is 7.10. The molecule has 0 aliphatic rings. The first kappa shape index (κ1) is 13.4. The topological polar surface area (TPSA) is 21.3 Å². The number of unbranched alkanes of at least 4 members (excludes halogenated alkanes) is 1. The molecule has 1 aromatic carbocycles. The fraction of sp³-hybridized carbons (Fsp3) is 0.538. The number of nitrogens with one attached hydrogen (secondary N) is 1. The third kappa shape index (κ3) is 6.03. The van der Waals surface area contributed by atoms with Crippen molar-refractivity contribution >= 4 is 18.3 Å². The van der Waals surface area contributed by atoms with Crippen LogP contribution in [0.25, 0.3) is 0 Å². The molecular formula is C13H21NOS. The van der Waals surface area contributed by atoms with Gasteiger partial charge >= 0.3 is 0 Å². The summed E-state index contributed by atoms with van der Waals surface area (Å²) in [6, 6.07) is 10.2. The van der Waals surface area contributed by atoms with Crippen LogP contribution in [0.5, 0.6) is 0 Å².